The molecule has 26 heavy (non-hydrogen) atoms. The van der Waals surface area contributed by atoms with Crippen molar-refractivity contribution in [3.05, 3.63) is 66.4 Å². The zero-order valence-electron chi connectivity index (χ0n) is 15.1. The minimum absolute atomic E-state index is 0.539. The molecule has 7 heteroatoms. The zero-order chi connectivity index (χ0) is 18.4. The van der Waals surface area contributed by atoms with E-state index in [0.29, 0.717) is 25.6 Å². The molecule has 2 aromatic heterocycles. The molecule has 0 spiro atoms. The number of para-hydroxylation sites is 1. The van der Waals surface area contributed by atoms with Crippen LogP contribution in [0.25, 0.3) is 10.9 Å². The monoisotopic (exact) mass is 349 g/mol. The lowest BCUT2D eigenvalue weighted by atomic mass is 10.1. The molecule has 1 aromatic carbocycles. The summed E-state index contributed by atoms with van der Waals surface area (Å²) >= 11 is 0. The van der Waals surface area contributed by atoms with Crippen molar-refractivity contribution >= 4 is 16.9 Å². The highest BCUT2D eigenvalue weighted by Crippen LogP contribution is 2.16. The lowest BCUT2D eigenvalue weighted by Crippen LogP contribution is -2.37. The molecule has 0 bridgehead atoms. The number of fused-ring (bicyclic) bond motifs is 1. The molecule has 0 radical (unpaired) electrons. The van der Waals surface area contributed by atoms with Crippen molar-refractivity contribution in [1.82, 2.24) is 30.4 Å². The summed E-state index contributed by atoms with van der Waals surface area (Å²) in [5.41, 5.74) is 2.10. The summed E-state index contributed by atoms with van der Waals surface area (Å²) in [5, 5.41) is 15.9. The van der Waals surface area contributed by atoms with Gasteiger partial charge >= 0.3 is 0 Å². The van der Waals surface area contributed by atoms with Gasteiger partial charge in [0.2, 0.25) is 0 Å². The Bertz CT molecular complexity index is 921. The molecular formula is C19H23N7. The molecule has 0 aliphatic rings. The molecule has 0 unspecified atom stereocenters. The summed E-state index contributed by atoms with van der Waals surface area (Å²) in [7, 11) is 1.95. The van der Waals surface area contributed by atoms with Crippen molar-refractivity contribution in [3.8, 4) is 0 Å². The van der Waals surface area contributed by atoms with Crippen molar-refractivity contribution < 1.29 is 0 Å². The van der Waals surface area contributed by atoms with Crippen LogP contribution in [-0.2, 0) is 20.1 Å². The van der Waals surface area contributed by atoms with Crippen molar-refractivity contribution in [3.63, 3.8) is 0 Å². The van der Waals surface area contributed by atoms with Crippen LogP contribution >= 0.6 is 0 Å². The third kappa shape index (κ3) is 4.05. The molecule has 0 saturated carbocycles. The first-order valence-electron chi connectivity index (χ1n) is 8.49. The molecule has 0 saturated heterocycles. The van der Waals surface area contributed by atoms with Gasteiger partial charge in [-0.15, -0.1) is 16.8 Å². The lowest BCUT2D eigenvalue weighted by molar-refractivity contribution is 0.721. The molecule has 7 nitrogen and oxygen atoms in total. The van der Waals surface area contributed by atoms with E-state index in [1.807, 2.05) is 49.0 Å². The second kappa shape index (κ2) is 8.24. The van der Waals surface area contributed by atoms with Gasteiger partial charge in [-0.05, 0) is 24.6 Å². The van der Waals surface area contributed by atoms with E-state index in [4.69, 9.17) is 4.99 Å². The topological polar surface area (TPSA) is 80.0 Å². The van der Waals surface area contributed by atoms with Crippen molar-refractivity contribution in [2.24, 2.45) is 12.0 Å². The maximum atomic E-state index is 4.69. The van der Waals surface area contributed by atoms with Crippen molar-refractivity contribution in [2.75, 3.05) is 6.54 Å². The number of hydrogen-bond donors (Lipinski definition) is 2. The number of pyridine rings is 1. The normalized spacial score (nSPS) is 11.5. The van der Waals surface area contributed by atoms with Gasteiger partial charge in [0.15, 0.2) is 11.8 Å². The fourth-order valence-corrected chi connectivity index (χ4v) is 2.57. The average Bonchev–Trinajstić information content (AvgIpc) is 2.99. The predicted octanol–water partition coefficient (Wildman–Crippen LogP) is 2.09. The molecule has 3 rings (SSSR count). The van der Waals surface area contributed by atoms with Crippen LogP contribution in [0.1, 0.15) is 17.2 Å². The first-order chi connectivity index (χ1) is 12.7. The lowest BCUT2D eigenvalue weighted by Gasteiger charge is -2.11. The summed E-state index contributed by atoms with van der Waals surface area (Å²) in [6.45, 7) is 7.39. The summed E-state index contributed by atoms with van der Waals surface area (Å²) in [6, 6.07) is 10.1. The fraction of sp³-hybridized carbons (Fsp3) is 0.263. The van der Waals surface area contributed by atoms with Gasteiger partial charge in [0.05, 0.1) is 18.6 Å². The molecule has 3 aromatic rings. The number of nitrogens with zero attached hydrogens (tertiary/aromatic N) is 5. The van der Waals surface area contributed by atoms with E-state index in [2.05, 4.69) is 38.5 Å². The van der Waals surface area contributed by atoms with E-state index in [-0.39, 0.29) is 0 Å². The summed E-state index contributed by atoms with van der Waals surface area (Å²) < 4.78 is 1.95. The zero-order valence-corrected chi connectivity index (χ0v) is 15.1. The first kappa shape index (κ1) is 17.6. The second-order valence-corrected chi connectivity index (χ2v) is 5.90. The molecule has 0 aliphatic carbocycles. The standard InChI is InChI=1S/C19H23N7/c1-4-10-21-19(23-13-18-25-24-14(2)26(18)3)22-12-15-9-11-20-17-8-6-5-7-16(15)17/h4-9,11H,1,10,12-13H2,2-3H3,(H2,21,22,23). The van der Waals surface area contributed by atoms with E-state index in [1.165, 1.54) is 0 Å². The van der Waals surface area contributed by atoms with Gasteiger partial charge in [-0.1, -0.05) is 24.3 Å². The van der Waals surface area contributed by atoms with Gasteiger partial charge in [-0.3, -0.25) is 4.98 Å². The number of aliphatic imine (C=N–C) groups is 1. The summed E-state index contributed by atoms with van der Waals surface area (Å²) in [4.78, 5) is 9.09. The summed E-state index contributed by atoms with van der Waals surface area (Å²) in [5.74, 6) is 2.43. The number of nitrogens with one attached hydrogen (secondary N) is 2. The van der Waals surface area contributed by atoms with Crippen LogP contribution in [0.3, 0.4) is 0 Å². The predicted molar refractivity (Wildman–Crippen MR) is 104 cm³/mol. The Hall–Kier alpha value is -3.22. The van der Waals surface area contributed by atoms with Crippen LogP contribution in [0, 0.1) is 6.92 Å². The Balaban J connectivity index is 1.75. The number of guanidine groups is 1. The van der Waals surface area contributed by atoms with Gasteiger partial charge in [-0.2, -0.15) is 0 Å². The number of aromatic nitrogens is 4. The SMILES string of the molecule is C=CCNC(=NCc1ccnc2ccccc12)NCc1nnc(C)n1C. The van der Waals surface area contributed by atoms with Gasteiger partial charge in [0, 0.05) is 25.2 Å². The van der Waals surface area contributed by atoms with Crippen LogP contribution < -0.4 is 10.6 Å². The van der Waals surface area contributed by atoms with Crippen LogP contribution in [0.15, 0.2) is 54.2 Å². The van der Waals surface area contributed by atoms with Crippen LogP contribution in [0.5, 0.6) is 0 Å². The Labute approximate surface area is 152 Å². The highest BCUT2D eigenvalue weighted by atomic mass is 15.3. The van der Waals surface area contributed by atoms with Gasteiger partial charge in [0.25, 0.3) is 0 Å². The van der Waals surface area contributed by atoms with Crippen molar-refractivity contribution in [2.45, 2.75) is 20.0 Å². The van der Waals surface area contributed by atoms with E-state index in [0.717, 1.165) is 28.1 Å². The number of aryl methyl sites for hydroxylation is 1. The smallest absolute Gasteiger partial charge is 0.192 e. The second-order valence-electron chi connectivity index (χ2n) is 5.90. The van der Waals surface area contributed by atoms with Gasteiger partial charge in [0.1, 0.15) is 5.82 Å². The average molecular weight is 349 g/mol. The van der Waals surface area contributed by atoms with E-state index in [1.54, 1.807) is 6.08 Å². The highest BCUT2D eigenvalue weighted by molar-refractivity contribution is 5.83. The number of hydrogen-bond acceptors (Lipinski definition) is 4. The fourth-order valence-electron chi connectivity index (χ4n) is 2.57. The Kier molecular flexibility index (Phi) is 5.58. The van der Waals surface area contributed by atoms with E-state index >= 15 is 0 Å². The molecular weight excluding hydrogens is 326 g/mol. The Morgan fingerprint density at radius 2 is 2.08 bits per heavy atom. The Morgan fingerprint density at radius 1 is 1.23 bits per heavy atom. The molecule has 2 N–H and O–H groups in total. The highest BCUT2D eigenvalue weighted by Gasteiger charge is 2.06. The number of rotatable bonds is 6. The van der Waals surface area contributed by atoms with Crippen LogP contribution in [0.4, 0.5) is 0 Å². The third-order valence-electron chi connectivity index (χ3n) is 4.16. The quantitative estimate of drug-likeness (QED) is 0.405. The van der Waals surface area contributed by atoms with Crippen LogP contribution in [-0.4, -0.2) is 32.3 Å². The minimum atomic E-state index is 0.539. The minimum Gasteiger partial charge on any atom is -0.353 e. The summed E-state index contributed by atoms with van der Waals surface area (Å²) in [6.07, 6.45) is 3.62. The molecule has 0 aliphatic heterocycles. The van der Waals surface area contributed by atoms with Crippen LogP contribution in [0.2, 0.25) is 0 Å². The van der Waals surface area contributed by atoms with E-state index < -0.39 is 0 Å². The van der Waals surface area contributed by atoms with E-state index in [9.17, 15) is 0 Å². The Morgan fingerprint density at radius 3 is 2.85 bits per heavy atom. The largest absolute Gasteiger partial charge is 0.353 e. The molecule has 0 fully saturated rings. The molecule has 0 atom stereocenters. The molecule has 134 valence electrons. The maximum absolute atomic E-state index is 4.69. The van der Waals surface area contributed by atoms with Crippen molar-refractivity contribution in [1.29, 1.82) is 0 Å². The third-order valence-corrected chi connectivity index (χ3v) is 4.16. The van der Waals surface area contributed by atoms with Gasteiger partial charge in [-0.25, -0.2) is 4.99 Å². The molecule has 0 amide bonds. The number of benzene rings is 1. The first-order valence-corrected chi connectivity index (χ1v) is 8.49. The van der Waals surface area contributed by atoms with Gasteiger partial charge < -0.3 is 15.2 Å². The molecule has 2 heterocycles. The maximum Gasteiger partial charge on any atom is 0.192 e.